The number of nitrogens with zero attached hydrogens (tertiary/aromatic N) is 2. The van der Waals surface area contributed by atoms with Crippen LogP contribution in [0.15, 0.2) is 84.9 Å². The molecule has 0 radical (unpaired) electrons. The van der Waals surface area contributed by atoms with Gasteiger partial charge in [-0.25, -0.2) is 0 Å². The zero-order chi connectivity index (χ0) is 21.4. The summed E-state index contributed by atoms with van der Waals surface area (Å²) in [5, 5.41) is 21.7. The van der Waals surface area contributed by atoms with Crippen LogP contribution in [0.1, 0.15) is 41.5 Å². The summed E-state index contributed by atoms with van der Waals surface area (Å²) in [6.07, 6.45) is 3.02. The summed E-state index contributed by atoms with van der Waals surface area (Å²) >= 11 is 0. The second-order valence-corrected chi connectivity index (χ2v) is 9.46. The lowest BCUT2D eigenvalue weighted by atomic mass is 9.56. The summed E-state index contributed by atoms with van der Waals surface area (Å²) in [5.74, 6) is 0. The lowest BCUT2D eigenvalue weighted by Gasteiger charge is -2.60. The molecule has 3 nitrogen and oxygen atoms in total. The third-order valence-electron chi connectivity index (χ3n) is 7.92. The molecule has 3 aliphatic rings. The summed E-state index contributed by atoms with van der Waals surface area (Å²) in [4.78, 5) is 0. The third-order valence-corrected chi connectivity index (χ3v) is 7.92. The van der Waals surface area contributed by atoms with Crippen molar-refractivity contribution in [3.8, 4) is 6.07 Å². The number of hydrogen-bond donors (Lipinski definition) is 1. The van der Waals surface area contributed by atoms with Crippen molar-refractivity contribution in [2.75, 3.05) is 19.6 Å². The maximum absolute atomic E-state index is 12.5. The van der Waals surface area contributed by atoms with Crippen LogP contribution in [-0.2, 0) is 12.1 Å². The zero-order valence-corrected chi connectivity index (χ0v) is 19.8. The average Bonchev–Trinajstić information content (AvgIpc) is 2.85. The minimum Gasteiger partial charge on any atom is -1.00 e. The highest BCUT2D eigenvalue weighted by Gasteiger charge is 2.60. The first kappa shape index (κ1) is 22.7. The Kier molecular flexibility index (Phi) is 6.27. The Morgan fingerprint density at radius 3 is 1.84 bits per heavy atom. The Bertz CT molecular complexity index is 1040. The average molecular weight is 489 g/mol. The molecule has 3 saturated heterocycles. The molecule has 3 heterocycles. The molecule has 3 aromatic rings. The highest BCUT2D eigenvalue weighted by Crippen LogP contribution is 2.57. The van der Waals surface area contributed by atoms with Gasteiger partial charge in [0.05, 0.1) is 31.3 Å². The molecule has 6 rings (SSSR count). The van der Waals surface area contributed by atoms with Gasteiger partial charge in [0, 0.05) is 30.2 Å². The van der Waals surface area contributed by atoms with Gasteiger partial charge in [-0.05, 0) is 23.3 Å². The number of halogens is 1. The minimum atomic E-state index is -0.979. The molecule has 32 heavy (non-hydrogen) atoms. The number of benzene rings is 3. The Labute approximate surface area is 201 Å². The maximum atomic E-state index is 12.5. The smallest absolute Gasteiger partial charge is 0.121 e. The van der Waals surface area contributed by atoms with Crippen molar-refractivity contribution >= 4 is 0 Å². The number of piperidine rings is 3. The van der Waals surface area contributed by atoms with Crippen LogP contribution in [0.3, 0.4) is 0 Å². The fraction of sp³-hybridized carbons (Fsp3) is 0.321. The minimum absolute atomic E-state index is 0. The first-order valence-electron chi connectivity index (χ1n) is 11.3. The van der Waals surface area contributed by atoms with Crippen molar-refractivity contribution in [2.24, 2.45) is 5.41 Å². The molecule has 2 bridgehead atoms. The van der Waals surface area contributed by atoms with Gasteiger partial charge in [0.1, 0.15) is 12.1 Å². The Morgan fingerprint density at radius 1 is 0.812 bits per heavy atom. The molecule has 0 spiro atoms. The molecule has 3 aliphatic heterocycles. The number of fused-ring (bicyclic) bond motifs is 3. The molecule has 164 valence electrons. The Morgan fingerprint density at radius 2 is 1.34 bits per heavy atom. The predicted molar refractivity (Wildman–Crippen MR) is 122 cm³/mol. The zero-order valence-electron chi connectivity index (χ0n) is 18.3. The van der Waals surface area contributed by atoms with Crippen LogP contribution in [0.4, 0.5) is 0 Å². The fourth-order valence-corrected chi connectivity index (χ4v) is 6.11. The molecular weight excluding hydrogens is 460 g/mol. The normalized spacial score (nSPS) is 24.4. The van der Waals surface area contributed by atoms with E-state index in [2.05, 4.69) is 36.4 Å². The van der Waals surface area contributed by atoms with Crippen LogP contribution in [-0.4, -0.2) is 29.2 Å². The van der Waals surface area contributed by atoms with Gasteiger partial charge in [-0.15, -0.1) is 0 Å². The largest absolute Gasteiger partial charge is 1.00 e. The van der Waals surface area contributed by atoms with E-state index in [1.54, 1.807) is 0 Å². The third kappa shape index (κ3) is 3.69. The van der Waals surface area contributed by atoms with Crippen LogP contribution < -0.4 is 17.0 Å². The van der Waals surface area contributed by atoms with Crippen LogP contribution in [0.25, 0.3) is 0 Å². The summed E-state index contributed by atoms with van der Waals surface area (Å²) in [5.41, 5.74) is 2.86. The molecule has 0 aromatic heterocycles. The quantitative estimate of drug-likeness (QED) is 0.558. The number of quaternary nitrogens is 1. The van der Waals surface area contributed by atoms with Crippen LogP contribution >= 0.6 is 0 Å². The van der Waals surface area contributed by atoms with Gasteiger partial charge in [-0.2, -0.15) is 5.26 Å². The van der Waals surface area contributed by atoms with Crippen molar-refractivity contribution < 1.29 is 26.6 Å². The molecule has 0 amide bonds. The molecule has 0 unspecified atom stereocenters. The second-order valence-electron chi connectivity index (χ2n) is 9.46. The van der Waals surface area contributed by atoms with Gasteiger partial charge in [0.15, 0.2) is 0 Å². The number of rotatable bonds is 5. The Balaban J connectivity index is 0.00000245. The topological polar surface area (TPSA) is 44.0 Å². The van der Waals surface area contributed by atoms with E-state index in [0.29, 0.717) is 0 Å². The first-order chi connectivity index (χ1) is 15.1. The van der Waals surface area contributed by atoms with E-state index >= 15 is 0 Å². The van der Waals surface area contributed by atoms with Crippen molar-refractivity contribution in [1.29, 1.82) is 5.26 Å². The van der Waals surface area contributed by atoms with E-state index in [0.717, 1.165) is 66.6 Å². The van der Waals surface area contributed by atoms with Crippen molar-refractivity contribution in [2.45, 2.75) is 31.4 Å². The number of hydrogen-bond acceptors (Lipinski definition) is 2. The summed E-state index contributed by atoms with van der Waals surface area (Å²) < 4.78 is 1.07. The number of nitriles is 1. The van der Waals surface area contributed by atoms with Crippen LogP contribution in [0.5, 0.6) is 0 Å². The Hall–Kier alpha value is -2.45. The molecule has 0 saturated carbocycles. The molecule has 3 aromatic carbocycles. The van der Waals surface area contributed by atoms with Crippen molar-refractivity contribution in [1.82, 2.24) is 0 Å². The van der Waals surface area contributed by atoms with Crippen molar-refractivity contribution in [3.05, 3.63) is 107 Å². The summed E-state index contributed by atoms with van der Waals surface area (Å²) in [6.45, 7) is 4.18. The molecule has 1 N–H and O–H groups in total. The lowest BCUT2D eigenvalue weighted by molar-refractivity contribution is -0.958. The van der Waals surface area contributed by atoms with Crippen LogP contribution in [0, 0.1) is 16.7 Å². The molecule has 4 heteroatoms. The van der Waals surface area contributed by atoms with E-state index in [9.17, 15) is 10.4 Å². The van der Waals surface area contributed by atoms with Gasteiger partial charge in [-0.3, -0.25) is 0 Å². The van der Waals surface area contributed by atoms with Gasteiger partial charge in [-0.1, -0.05) is 72.8 Å². The highest BCUT2D eigenvalue weighted by atomic mass is 79.9. The molecule has 0 atom stereocenters. The van der Waals surface area contributed by atoms with E-state index in [1.807, 2.05) is 54.6 Å². The highest BCUT2D eigenvalue weighted by molar-refractivity contribution is 5.39. The van der Waals surface area contributed by atoms with Crippen molar-refractivity contribution in [3.63, 3.8) is 0 Å². The molecular formula is C28H29BrN2O. The predicted octanol–water partition coefficient (Wildman–Crippen LogP) is 2.00. The van der Waals surface area contributed by atoms with Gasteiger partial charge in [0.2, 0.25) is 0 Å². The van der Waals surface area contributed by atoms with Gasteiger partial charge >= 0.3 is 0 Å². The summed E-state index contributed by atoms with van der Waals surface area (Å²) in [6, 6.07) is 30.8. The van der Waals surface area contributed by atoms with Gasteiger partial charge < -0.3 is 26.6 Å². The first-order valence-corrected chi connectivity index (χ1v) is 11.3. The van der Waals surface area contributed by atoms with E-state index in [4.69, 9.17) is 0 Å². The lowest BCUT2D eigenvalue weighted by Crippen LogP contribution is -3.00. The van der Waals surface area contributed by atoms with Gasteiger partial charge in [0.25, 0.3) is 0 Å². The standard InChI is InChI=1S/C28H29N2O.BrH/c29-21-23-8-7-9-24(20-23)22-30-17-14-27(15-18-30,16-19-30)28(31,25-10-3-1-4-11-25)26-12-5-2-6-13-26;/h1-13,20,31H,14-19,22H2;1H/q+1;/p-1. The van der Waals surface area contributed by atoms with E-state index < -0.39 is 5.60 Å². The molecule has 3 fully saturated rings. The SMILES string of the molecule is N#Cc1cccc(C[N+]23CCC(C(O)(c4ccccc4)c4ccccc4)(CC2)CC3)c1.[Br-]. The number of aliphatic hydroxyl groups is 1. The molecule has 0 aliphatic carbocycles. The fourth-order valence-electron chi connectivity index (χ4n) is 6.11. The van der Waals surface area contributed by atoms with E-state index in [1.165, 1.54) is 5.56 Å². The van der Waals surface area contributed by atoms with E-state index in [-0.39, 0.29) is 22.4 Å². The maximum Gasteiger partial charge on any atom is 0.121 e. The second kappa shape index (κ2) is 8.83. The monoisotopic (exact) mass is 488 g/mol. The summed E-state index contributed by atoms with van der Waals surface area (Å²) in [7, 11) is 0. The van der Waals surface area contributed by atoms with Crippen LogP contribution in [0.2, 0.25) is 0 Å².